The van der Waals surface area contributed by atoms with Crippen LogP contribution in [0, 0.1) is 4.77 Å². The fourth-order valence-electron chi connectivity index (χ4n) is 1.55. The smallest absolute Gasteiger partial charge is 0.261 e. The SMILES string of the molecule is FC(F)COCCn1c(=S)[nH]c2cc(Cl)cnc21. The second-order valence-electron chi connectivity index (χ2n) is 3.57. The first-order chi connectivity index (χ1) is 8.58. The summed E-state index contributed by atoms with van der Waals surface area (Å²) >= 11 is 10.9. The lowest BCUT2D eigenvalue weighted by atomic mass is 10.4. The van der Waals surface area contributed by atoms with Gasteiger partial charge in [-0.3, -0.25) is 4.57 Å². The number of rotatable bonds is 5. The molecular weight excluding hydrogens is 284 g/mol. The van der Waals surface area contributed by atoms with Crippen molar-refractivity contribution in [3.63, 3.8) is 0 Å². The van der Waals surface area contributed by atoms with Crippen molar-refractivity contribution in [3.8, 4) is 0 Å². The Hall–Kier alpha value is -1.05. The maximum absolute atomic E-state index is 11.9. The summed E-state index contributed by atoms with van der Waals surface area (Å²) in [5.41, 5.74) is 1.34. The molecule has 0 aliphatic carbocycles. The fourth-order valence-corrected chi connectivity index (χ4v) is 2.00. The van der Waals surface area contributed by atoms with Crippen LogP contribution >= 0.6 is 23.8 Å². The van der Waals surface area contributed by atoms with Gasteiger partial charge in [0.1, 0.15) is 6.61 Å². The van der Waals surface area contributed by atoms with Crippen molar-refractivity contribution in [2.24, 2.45) is 0 Å². The quantitative estimate of drug-likeness (QED) is 0.681. The summed E-state index contributed by atoms with van der Waals surface area (Å²) in [6, 6.07) is 1.70. The van der Waals surface area contributed by atoms with Gasteiger partial charge >= 0.3 is 0 Å². The van der Waals surface area contributed by atoms with Crippen molar-refractivity contribution in [3.05, 3.63) is 22.1 Å². The Kier molecular flexibility index (Phi) is 4.26. The number of ether oxygens (including phenoxy) is 1. The molecule has 4 nitrogen and oxygen atoms in total. The number of H-pyrrole nitrogens is 1. The molecule has 0 amide bonds. The molecule has 0 radical (unpaired) electrons. The second-order valence-corrected chi connectivity index (χ2v) is 4.40. The zero-order valence-corrected chi connectivity index (χ0v) is 10.8. The summed E-state index contributed by atoms with van der Waals surface area (Å²) in [4.78, 5) is 7.09. The van der Waals surface area contributed by atoms with Crippen LogP contribution in [-0.2, 0) is 11.3 Å². The summed E-state index contributed by atoms with van der Waals surface area (Å²) in [5.74, 6) is 0. The zero-order valence-electron chi connectivity index (χ0n) is 9.20. The van der Waals surface area contributed by atoms with E-state index in [1.807, 2.05) is 0 Å². The molecule has 0 saturated heterocycles. The Balaban J connectivity index is 2.13. The van der Waals surface area contributed by atoms with E-state index in [0.717, 1.165) is 0 Å². The first-order valence-corrected chi connectivity index (χ1v) is 5.96. The number of aromatic amines is 1. The molecule has 98 valence electrons. The molecule has 8 heteroatoms. The number of nitrogens with zero attached hydrogens (tertiary/aromatic N) is 2. The molecule has 2 rings (SSSR count). The topological polar surface area (TPSA) is 42.8 Å². The summed E-state index contributed by atoms with van der Waals surface area (Å²) < 4.78 is 30.7. The Labute approximate surface area is 112 Å². The first kappa shape index (κ1) is 13.4. The van der Waals surface area contributed by atoms with Gasteiger partial charge < -0.3 is 9.72 Å². The summed E-state index contributed by atoms with van der Waals surface area (Å²) in [7, 11) is 0. The molecule has 0 fully saturated rings. The maximum Gasteiger partial charge on any atom is 0.261 e. The molecule has 1 N–H and O–H groups in total. The van der Waals surface area contributed by atoms with Gasteiger partial charge in [0, 0.05) is 6.20 Å². The number of imidazole rings is 1. The van der Waals surface area contributed by atoms with Crippen molar-refractivity contribution < 1.29 is 13.5 Å². The molecule has 2 aromatic rings. The van der Waals surface area contributed by atoms with Gasteiger partial charge in [0.05, 0.1) is 23.7 Å². The predicted molar refractivity (Wildman–Crippen MR) is 66.8 cm³/mol. The highest BCUT2D eigenvalue weighted by Gasteiger charge is 2.07. The molecule has 2 heterocycles. The number of hydrogen-bond acceptors (Lipinski definition) is 3. The minimum absolute atomic E-state index is 0.149. The van der Waals surface area contributed by atoms with E-state index in [1.54, 1.807) is 10.6 Å². The number of halogens is 3. The molecule has 18 heavy (non-hydrogen) atoms. The van der Waals surface area contributed by atoms with E-state index in [0.29, 0.717) is 27.5 Å². The summed E-state index contributed by atoms with van der Waals surface area (Å²) in [6.45, 7) is -0.0645. The lowest BCUT2D eigenvalue weighted by Gasteiger charge is -2.05. The van der Waals surface area contributed by atoms with E-state index in [-0.39, 0.29) is 6.61 Å². The molecule has 0 aliphatic heterocycles. The van der Waals surface area contributed by atoms with E-state index in [2.05, 4.69) is 9.97 Å². The monoisotopic (exact) mass is 293 g/mol. The summed E-state index contributed by atoms with van der Waals surface area (Å²) in [5, 5.41) is 0.500. The van der Waals surface area contributed by atoms with Gasteiger partial charge in [0.2, 0.25) is 0 Å². The average Bonchev–Trinajstić information content (AvgIpc) is 2.59. The third kappa shape index (κ3) is 3.04. The Morgan fingerprint density at radius 2 is 2.33 bits per heavy atom. The highest BCUT2D eigenvalue weighted by Crippen LogP contribution is 2.16. The minimum Gasteiger partial charge on any atom is -0.374 e. The van der Waals surface area contributed by atoms with Crippen molar-refractivity contribution >= 4 is 35.0 Å². The lowest BCUT2D eigenvalue weighted by molar-refractivity contribution is 0.0149. The van der Waals surface area contributed by atoms with E-state index >= 15 is 0 Å². The Morgan fingerprint density at radius 3 is 3.06 bits per heavy atom. The van der Waals surface area contributed by atoms with Crippen molar-refractivity contribution in [1.29, 1.82) is 0 Å². The average molecular weight is 294 g/mol. The van der Waals surface area contributed by atoms with E-state index < -0.39 is 13.0 Å². The first-order valence-electron chi connectivity index (χ1n) is 5.18. The van der Waals surface area contributed by atoms with Gasteiger partial charge in [-0.05, 0) is 18.3 Å². The Morgan fingerprint density at radius 1 is 1.56 bits per heavy atom. The molecule has 0 aliphatic rings. The highest BCUT2D eigenvalue weighted by molar-refractivity contribution is 7.71. The molecule has 0 spiro atoms. The van der Waals surface area contributed by atoms with E-state index in [1.165, 1.54) is 6.20 Å². The van der Waals surface area contributed by atoms with Crippen LogP contribution in [0.4, 0.5) is 8.78 Å². The van der Waals surface area contributed by atoms with Gasteiger partial charge in [-0.2, -0.15) is 0 Å². The van der Waals surface area contributed by atoms with Crippen LogP contribution in [0.1, 0.15) is 0 Å². The molecular formula is C10H10ClF2N3OS. The largest absolute Gasteiger partial charge is 0.374 e. The van der Waals surface area contributed by atoms with Gasteiger partial charge in [0.15, 0.2) is 10.4 Å². The molecule has 0 saturated carbocycles. The van der Waals surface area contributed by atoms with Crippen LogP contribution in [0.2, 0.25) is 5.02 Å². The van der Waals surface area contributed by atoms with E-state index in [9.17, 15) is 8.78 Å². The third-order valence-electron chi connectivity index (χ3n) is 2.28. The van der Waals surface area contributed by atoms with Crippen LogP contribution < -0.4 is 0 Å². The number of nitrogens with one attached hydrogen (secondary N) is 1. The fraction of sp³-hybridized carbons (Fsp3) is 0.400. The second kappa shape index (κ2) is 5.73. The van der Waals surface area contributed by atoms with Gasteiger partial charge in [-0.15, -0.1) is 0 Å². The number of pyridine rings is 1. The molecule has 0 bridgehead atoms. The number of aromatic nitrogens is 3. The number of hydrogen-bond donors (Lipinski definition) is 1. The number of fused-ring (bicyclic) bond motifs is 1. The molecule has 0 unspecified atom stereocenters. The van der Waals surface area contributed by atoms with Crippen LogP contribution in [0.25, 0.3) is 11.2 Å². The van der Waals surface area contributed by atoms with Crippen molar-refractivity contribution in [2.75, 3.05) is 13.2 Å². The molecule has 0 atom stereocenters. The van der Waals surface area contributed by atoms with Crippen molar-refractivity contribution in [2.45, 2.75) is 13.0 Å². The Bertz CT molecular complexity index is 598. The minimum atomic E-state index is -2.46. The van der Waals surface area contributed by atoms with E-state index in [4.69, 9.17) is 28.6 Å². The van der Waals surface area contributed by atoms with Gasteiger partial charge in [-0.1, -0.05) is 11.6 Å². The zero-order chi connectivity index (χ0) is 13.1. The van der Waals surface area contributed by atoms with Gasteiger partial charge in [0.25, 0.3) is 6.43 Å². The van der Waals surface area contributed by atoms with Crippen LogP contribution in [0.5, 0.6) is 0 Å². The van der Waals surface area contributed by atoms with Crippen LogP contribution in [-0.4, -0.2) is 34.2 Å². The predicted octanol–water partition coefficient (Wildman–Crippen LogP) is 3.03. The molecule has 2 aromatic heterocycles. The molecule has 0 aromatic carbocycles. The van der Waals surface area contributed by atoms with Crippen molar-refractivity contribution in [1.82, 2.24) is 14.5 Å². The van der Waals surface area contributed by atoms with Gasteiger partial charge in [-0.25, -0.2) is 13.8 Å². The third-order valence-corrected chi connectivity index (χ3v) is 2.81. The highest BCUT2D eigenvalue weighted by atomic mass is 35.5. The lowest BCUT2D eigenvalue weighted by Crippen LogP contribution is -2.11. The van der Waals surface area contributed by atoms with Crippen LogP contribution in [0.15, 0.2) is 12.3 Å². The maximum atomic E-state index is 11.9. The number of alkyl halides is 2. The summed E-state index contributed by atoms with van der Waals surface area (Å²) in [6.07, 6.45) is -0.957. The standard InChI is InChI=1S/C10H10ClF2N3OS/c11-6-3-7-9(14-4-6)16(10(18)15-7)1-2-17-5-8(12)13/h3-4,8H,1-2,5H2,(H,15,18). The normalized spacial score (nSPS) is 11.6. The van der Waals surface area contributed by atoms with Crippen LogP contribution in [0.3, 0.4) is 0 Å².